The third-order valence-electron chi connectivity index (χ3n) is 2.30. The number of benzene rings is 1. The van der Waals surface area contributed by atoms with Gasteiger partial charge in [0.1, 0.15) is 0 Å². The molecule has 9 nitrogen and oxygen atoms in total. The topological polar surface area (TPSA) is 139 Å². The minimum absolute atomic E-state index is 0.0133. The molecular formula is C10H13N5O4. The van der Waals surface area contributed by atoms with Crippen LogP contribution in [0.5, 0.6) is 0 Å². The number of hydrazine groups is 1. The van der Waals surface area contributed by atoms with Crippen molar-refractivity contribution in [1.82, 2.24) is 10.6 Å². The summed E-state index contributed by atoms with van der Waals surface area (Å²) < 4.78 is 0. The number of hydrogen-bond acceptors (Lipinski definition) is 6. The lowest BCUT2D eigenvalue weighted by atomic mass is 10.1. The van der Waals surface area contributed by atoms with Crippen LogP contribution in [0.15, 0.2) is 18.2 Å². The molecule has 0 unspecified atom stereocenters. The smallest absolute Gasteiger partial charge is 0.270 e. The summed E-state index contributed by atoms with van der Waals surface area (Å²) in [6.07, 6.45) is 0. The van der Waals surface area contributed by atoms with Crippen LogP contribution in [-0.4, -0.2) is 30.3 Å². The Labute approximate surface area is 108 Å². The van der Waals surface area contributed by atoms with Crippen LogP contribution in [0.2, 0.25) is 0 Å². The fraction of sp³-hybridized carbons (Fsp3) is 0.200. The van der Waals surface area contributed by atoms with Crippen molar-refractivity contribution in [2.45, 2.75) is 0 Å². The van der Waals surface area contributed by atoms with Gasteiger partial charge in [0.15, 0.2) is 0 Å². The van der Waals surface area contributed by atoms with Crippen molar-refractivity contribution in [2.75, 3.05) is 19.0 Å². The molecule has 0 saturated heterocycles. The molecule has 0 heterocycles. The van der Waals surface area contributed by atoms with E-state index in [-0.39, 0.29) is 29.4 Å². The standard InChI is InChI=1S/C10H13N5O4/c1-12-9(16)5-13-10(17)7-4-6(15(18)19)2-3-8(7)14-11/h2-4,14H,5,11H2,1H3,(H,12,16)(H,13,17). The number of nitrogens with one attached hydrogen (secondary N) is 3. The Morgan fingerprint density at radius 3 is 2.63 bits per heavy atom. The van der Waals surface area contributed by atoms with Gasteiger partial charge in [0.2, 0.25) is 5.91 Å². The number of hydrogen-bond donors (Lipinski definition) is 4. The van der Waals surface area contributed by atoms with Gasteiger partial charge < -0.3 is 16.1 Å². The highest BCUT2D eigenvalue weighted by Gasteiger charge is 2.16. The van der Waals surface area contributed by atoms with Crippen molar-refractivity contribution in [1.29, 1.82) is 0 Å². The first-order valence-electron chi connectivity index (χ1n) is 5.23. The average Bonchev–Trinajstić information content (AvgIpc) is 2.43. The van der Waals surface area contributed by atoms with Crippen molar-refractivity contribution < 1.29 is 14.5 Å². The predicted octanol–water partition coefficient (Wildman–Crippen LogP) is -0.644. The number of nitrogens with zero attached hydrogens (tertiary/aromatic N) is 1. The molecule has 5 N–H and O–H groups in total. The van der Waals surface area contributed by atoms with E-state index in [1.807, 2.05) is 0 Å². The molecular weight excluding hydrogens is 254 g/mol. The lowest BCUT2D eigenvalue weighted by molar-refractivity contribution is -0.384. The number of amides is 2. The molecule has 19 heavy (non-hydrogen) atoms. The van der Waals surface area contributed by atoms with Gasteiger partial charge in [-0.1, -0.05) is 0 Å². The second kappa shape index (κ2) is 6.31. The summed E-state index contributed by atoms with van der Waals surface area (Å²) in [6.45, 7) is -0.234. The summed E-state index contributed by atoms with van der Waals surface area (Å²) in [7, 11) is 1.43. The number of carbonyl (C=O) groups is 2. The Bertz CT molecular complexity index is 517. The van der Waals surface area contributed by atoms with Gasteiger partial charge in [-0.2, -0.15) is 0 Å². The molecule has 0 aliphatic carbocycles. The zero-order valence-electron chi connectivity index (χ0n) is 10.1. The first-order valence-corrected chi connectivity index (χ1v) is 5.23. The van der Waals surface area contributed by atoms with E-state index in [4.69, 9.17) is 5.84 Å². The molecule has 0 aliphatic rings. The SMILES string of the molecule is CNC(=O)CNC(=O)c1cc([N+](=O)[O-])ccc1NN. The van der Waals surface area contributed by atoms with Crippen molar-refractivity contribution >= 4 is 23.2 Å². The fourth-order valence-electron chi connectivity index (χ4n) is 1.30. The van der Waals surface area contributed by atoms with E-state index in [1.165, 1.54) is 19.2 Å². The van der Waals surface area contributed by atoms with Crippen LogP contribution in [0.3, 0.4) is 0 Å². The molecule has 0 spiro atoms. The zero-order chi connectivity index (χ0) is 14.4. The number of nitrogen functional groups attached to an aromatic ring is 1. The monoisotopic (exact) mass is 267 g/mol. The lowest BCUT2D eigenvalue weighted by Gasteiger charge is -2.09. The quantitative estimate of drug-likeness (QED) is 0.318. The second-order valence-corrected chi connectivity index (χ2v) is 3.49. The van der Waals surface area contributed by atoms with E-state index in [0.29, 0.717) is 0 Å². The Balaban J connectivity index is 2.96. The van der Waals surface area contributed by atoms with E-state index >= 15 is 0 Å². The van der Waals surface area contributed by atoms with E-state index in [9.17, 15) is 19.7 Å². The van der Waals surface area contributed by atoms with Gasteiger partial charge in [-0.15, -0.1) is 0 Å². The number of nitro benzene ring substituents is 1. The minimum Gasteiger partial charge on any atom is -0.358 e. The van der Waals surface area contributed by atoms with Gasteiger partial charge in [0, 0.05) is 19.2 Å². The van der Waals surface area contributed by atoms with Crippen LogP contribution in [0.25, 0.3) is 0 Å². The van der Waals surface area contributed by atoms with Gasteiger partial charge in [0.25, 0.3) is 11.6 Å². The molecule has 0 saturated carbocycles. The largest absolute Gasteiger partial charge is 0.358 e. The Kier molecular flexibility index (Phi) is 4.77. The van der Waals surface area contributed by atoms with Crippen molar-refractivity contribution in [3.8, 4) is 0 Å². The third kappa shape index (κ3) is 3.64. The molecule has 0 bridgehead atoms. The van der Waals surface area contributed by atoms with Crippen LogP contribution in [0, 0.1) is 10.1 Å². The molecule has 1 rings (SSSR count). The predicted molar refractivity (Wildman–Crippen MR) is 67.3 cm³/mol. The lowest BCUT2D eigenvalue weighted by Crippen LogP contribution is -2.35. The molecule has 0 radical (unpaired) electrons. The zero-order valence-corrected chi connectivity index (χ0v) is 10.1. The average molecular weight is 267 g/mol. The highest BCUT2D eigenvalue weighted by Crippen LogP contribution is 2.21. The molecule has 2 amide bonds. The summed E-state index contributed by atoms with van der Waals surface area (Å²) in [5.74, 6) is 4.19. The number of rotatable bonds is 5. The molecule has 1 aromatic carbocycles. The van der Waals surface area contributed by atoms with Crippen LogP contribution < -0.4 is 21.9 Å². The van der Waals surface area contributed by atoms with E-state index in [2.05, 4.69) is 16.1 Å². The number of nitro groups is 1. The van der Waals surface area contributed by atoms with Gasteiger partial charge in [-0.25, -0.2) is 0 Å². The highest BCUT2D eigenvalue weighted by atomic mass is 16.6. The van der Waals surface area contributed by atoms with Crippen LogP contribution in [0.1, 0.15) is 10.4 Å². The summed E-state index contributed by atoms with van der Waals surface area (Å²) in [4.78, 5) is 32.8. The van der Waals surface area contributed by atoms with Crippen LogP contribution >= 0.6 is 0 Å². The van der Waals surface area contributed by atoms with Crippen LogP contribution in [0.4, 0.5) is 11.4 Å². The second-order valence-electron chi connectivity index (χ2n) is 3.49. The van der Waals surface area contributed by atoms with Gasteiger partial charge in [-0.05, 0) is 6.07 Å². The first kappa shape index (κ1) is 14.4. The van der Waals surface area contributed by atoms with E-state index in [1.54, 1.807) is 0 Å². The Morgan fingerprint density at radius 1 is 1.42 bits per heavy atom. The van der Waals surface area contributed by atoms with Gasteiger partial charge in [-0.3, -0.25) is 25.5 Å². The minimum atomic E-state index is -0.639. The molecule has 102 valence electrons. The number of nitrogens with two attached hydrogens (primary N) is 1. The normalized spacial score (nSPS) is 9.58. The summed E-state index contributed by atoms with van der Waals surface area (Å²) in [5.41, 5.74) is 2.22. The molecule has 0 aromatic heterocycles. The molecule has 1 aromatic rings. The highest BCUT2D eigenvalue weighted by molar-refractivity contribution is 6.01. The summed E-state index contributed by atoms with van der Waals surface area (Å²) in [5, 5.41) is 15.3. The third-order valence-corrected chi connectivity index (χ3v) is 2.30. The number of anilines is 1. The summed E-state index contributed by atoms with van der Waals surface area (Å²) >= 11 is 0. The van der Waals surface area contributed by atoms with E-state index in [0.717, 1.165) is 6.07 Å². The fourth-order valence-corrected chi connectivity index (χ4v) is 1.30. The molecule has 0 fully saturated rings. The Morgan fingerprint density at radius 2 is 2.11 bits per heavy atom. The maximum Gasteiger partial charge on any atom is 0.270 e. The number of carbonyl (C=O) groups excluding carboxylic acids is 2. The maximum atomic E-state index is 11.8. The van der Waals surface area contributed by atoms with Crippen molar-refractivity contribution in [3.63, 3.8) is 0 Å². The molecule has 0 aliphatic heterocycles. The van der Waals surface area contributed by atoms with Crippen molar-refractivity contribution in [2.24, 2.45) is 5.84 Å². The Hall–Kier alpha value is -2.68. The number of likely N-dealkylation sites (N-methyl/N-ethyl adjacent to an activating group) is 1. The number of non-ortho nitro benzene ring substituents is 1. The van der Waals surface area contributed by atoms with Gasteiger partial charge >= 0.3 is 0 Å². The summed E-state index contributed by atoms with van der Waals surface area (Å²) in [6, 6.07) is 3.60. The maximum absolute atomic E-state index is 11.8. The molecule has 9 heteroatoms. The van der Waals surface area contributed by atoms with E-state index < -0.39 is 10.8 Å². The first-order chi connectivity index (χ1) is 8.99. The molecule has 0 atom stereocenters. The van der Waals surface area contributed by atoms with Gasteiger partial charge in [0.05, 0.1) is 22.7 Å². The van der Waals surface area contributed by atoms with Crippen LogP contribution in [-0.2, 0) is 4.79 Å². The van der Waals surface area contributed by atoms with Crippen molar-refractivity contribution in [3.05, 3.63) is 33.9 Å².